The van der Waals surface area contributed by atoms with E-state index in [4.69, 9.17) is 0 Å². The second-order valence-electron chi connectivity index (χ2n) is 7.27. The predicted molar refractivity (Wildman–Crippen MR) is 96.8 cm³/mol. The standard InChI is InChI=1S/C19H37N3O/c1-3-5-6-7-8-9-10-11-13-20-15-16-22-18(17-20)12-14-21(4-2)19(22)23/h18H,3-17H2,1-2H3/t18-/m1/s1. The zero-order valence-electron chi connectivity index (χ0n) is 15.4. The topological polar surface area (TPSA) is 26.8 Å². The molecule has 0 N–H and O–H groups in total. The molecular formula is C19H37N3O. The molecule has 2 rings (SSSR count). The quantitative estimate of drug-likeness (QED) is 0.569. The Balaban J connectivity index is 1.56. The van der Waals surface area contributed by atoms with Crippen LogP contribution in [0.1, 0.15) is 71.6 Å². The van der Waals surface area contributed by atoms with E-state index in [1.165, 1.54) is 57.9 Å². The molecule has 23 heavy (non-hydrogen) atoms. The summed E-state index contributed by atoms with van der Waals surface area (Å²) in [7, 11) is 0. The van der Waals surface area contributed by atoms with Gasteiger partial charge >= 0.3 is 6.03 Å². The smallest absolute Gasteiger partial charge is 0.320 e. The van der Waals surface area contributed by atoms with Gasteiger partial charge in [0, 0.05) is 38.8 Å². The molecule has 0 aliphatic carbocycles. The van der Waals surface area contributed by atoms with Crippen molar-refractivity contribution in [3.05, 3.63) is 0 Å². The summed E-state index contributed by atoms with van der Waals surface area (Å²) in [5.41, 5.74) is 0. The Hall–Kier alpha value is -0.770. The lowest BCUT2D eigenvalue weighted by molar-refractivity contribution is 0.0450. The van der Waals surface area contributed by atoms with Gasteiger partial charge < -0.3 is 9.80 Å². The van der Waals surface area contributed by atoms with E-state index in [2.05, 4.69) is 23.6 Å². The molecule has 134 valence electrons. The number of nitrogens with zero attached hydrogens (tertiary/aromatic N) is 3. The minimum atomic E-state index is 0.274. The monoisotopic (exact) mass is 323 g/mol. The van der Waals surface area contributed by atoms with Crippen LogP contribution in [0.2, 0.25) is 0 Å². The number of unbranched alkanes of at least 4 members (excludes halogenated alkanes) is 7. The molecule has 2 fully saturated rings. The number of urea groups is 1. The van der Waals surface area contributed by atoms with Gasteiger partial charge in [0.1, 0.15) is 0 Å². The molecule has 2 aliphatic rings. The first-order valence-corrected chi connectivity index (χ1v) is 10.0. The van der Waals surface area contributed by atoms with Crippen molar-refractivity contribution < 1.29 is 4.79 Å². The Labute approximate surface area is 143 Å². The molecule has 2 aliphatic heterocycles. The highest BCUT2D eigenvalue weighted by Gasteiger charge is 2.36. The second-order valence-corrected chi connectivity index (χ2v) is 7.27. The molecule has 0 bridgehead atoms. The number of rotatable bonds is 10. The minimum Gasteiger partial charge on any atom is -0.325 e. The lowest BCUT2D eigenvalue weighted by Crippen LogP contribution is -2.62. The molecule has 0 saturated carbocycles. The van der Waals surface area contributed by atoms with Crippen LogP contribution in [0.4, 0.5) is 4.79 Å². The van der Waals surface area contributed by atoms with E-state index in [1.54, 1.807) is 0 Å². The van der Waals surface area contributed by atoms with Crippen LogP contribution in [-0.4, -0.2) is 66.0 Å². The Kier molecular flexibility index (Phi) is 8.21. The molecule has 4 heteroatoms. The van der Waals surface area contributed by atoms with E-state index < -0.39 is 0 Å². The van der Waals surface area contributed by atoms with Crippen LogP contribution in [-0.2, 0) is 0 Å². The summed E-state index contributed by atoms with van der Waals surface area (Å²) < 4.78 is 0. The summed E-state index contributed by atoms with van der Waals surface area (Å²) in [6.45, 7) is 10.5. The molecule has 0 radical (unpaired) electrons. The van der Waals surface area contributed by atoms with Crippen molar-refractivity contribution in [2.75, 3.05) is 39.3 Å². The molecule has 2 saturated heterocycles. The van der Waals surface area contributed by atoms with Gasteiger partial charge in [0.05, 0.1) is 0 Å². The summed E-state index contributed by atoms with van der Waals surface area (Å²) >= 11 is 0. The fraction of sp³-hybridized carbons (Fsp3) is 0.947. The van der Waals surface area contributed by atoms with Crippen LogP contribution in [0.25, 0.3) is 0 Å². The van der Waals surface area contributed by atoms with Crippen molar-refractivity contribution >= 4 is 6.03 Å². The lowest BCUT2D eigenvalue weighted by Gasteiger charge is -2.47. The highest BCUT2D eigenvalue weighted by molar-refractivity contribution is 5.75. The van der Waals surface area contributed by atoms with Crippen LogP contribution in [0.15, 0.2) is 0 Å². The molecule has 0 aromatic rings. The lowest BCUT2D eigenvalue weighted by atomic mass is 10.0. The van der Waals surface area contributed by atoms with Gasteiger partial charge in [0.15, 0.2) is 0 Å². The first kappa shape index (κ1) is 18.6. The Morgan fingerprint density at radius 3 is 2.30 bits per heavy atom. The van der Waals surface area contributed by atoms with E-state index in [9.17, 15) is 4.79 Å². The zero-order valence-corrected chi connectivity index (χ0v) is 15.4. The largest absolute Gasteiger partial charge is 0.325 e. The summed E-state index contributed by atoms with van der Waals surface area (Å²) in [6, 6.07) is 0.739. The number of hydrogen-bond donors (Lipinski definition) is 0. The molecule has 4 nitrogen and oxygen atoms in total. The zero-order chi connectivity index (χ0) is 16.5. The molecule has 0 unspecified atom stereocenters. The Bertz CT molecular complexity index is 348. The highest BCUT2D eigenvalue weighted by Crippen LogP contribution is 2.21. The van der Waals surface area contributed by atoms with Gasteiger partial charge in [-0.3, -0.25) is 4.90 Å². The van der Waals surface area contributed by atoms with Crippen molar-refractivity contribution in [1.29, 1.82) is 0 Å². The first-order chi connectivity index (χ1) is 11.3. The predicted octanol–water partition coefficient (Wildman–Crippen LogP) is 3.96. The van der Waals surface area contributed by atoms with Crippen LogP contribution < -0.4 is 0 Å². The number of carbonyl (C=O) groups excluding carboxylic acids is 1. The van der Waals surface area contributed by atoms with E-state index >= 15 is 0 Å². The third-order valence-corrected chi connectivity index (χ3v) is 5.52. The van der Waals surface area contributed by atoms with Gasteiger partial charge in [-0.1, -0.05) is 51.9 Å². The maximum atomic E-state index is 12.3. The van der Waals surface area contributed by atoms with Crippen LogP contribution in [0, 0.1) is 0 Å². The molecule has 2 heterocycles. The summed E-state index contributed by atoms with van der Waals surface area (Å²) in [6.07, 6.45) is 12.2. The van der Waals surface area contributed by atoms with Crippen LogP contribution in [0.5, 0.6) is 0 Å². The second kappa shape index (κ2) is 10.2. The van der Waals surface area contributed by atoms with E-state index in [0.717, 1.165) is 39.1 Å². The van der Waals surface area contributed by atoms with Crippen LogP contribution in [0.3, 0.4) is 0 Å². The van der Waals surface area contributed by atoms with Gasteiger partial charge in [-0.05, 0) is 26.3 Å². The molecular weight excluding hydrogens is 286 g/mol. The molecule has 0 aromatic heterocycles. The minimum absolute atomic E-state index is 0.274. The van der Waals surface area contributed by atoms with Crippen molar-refractivity contribution in [2.45, 2.75) is 77.7 Å². The first-order valence-electron chi connectivity index (χ1n) is 10.0. The van der Waals surface area contributed by atoms with Gasteiger partial charge in [-0.15, -0.1) is 0 Å². The summed E-state index contributed by atoms with van der Waals surface area (Å²) in [5.74, 6) is 0. The maximum Gasteiger partial charge on any atom is 0.320 e. The molecule has 0 aromatic carbocycles. The normalized spacial score (nSPS) is 22.5. The van der Waals surface area contributed by atoms with Gasteiger partial charge in [-0.25, -0.2) is 4.79 Å². The van der Waals surface area contributed by atoms with Crippen LogP contribution >= 0.6 is 0 Å². The van der Waals surface area contributed by atoms with Gasteiger partial charge in [0.25, 0.3) is 0 Å². The Morgan fingerprint density at radius 2 is 1.61 bits per heavy atom. The maximum absolute atomic E-state index is 12.3. The number of fused-ring (bicyclic) bond motifs is 1. The highest BCUT2D eigenvalue weighted by atomic mass is 16.2. The number of piperazine rings is 1. The molecule has 0 spiro atoms. The van der Waals surface area contributed by atoms with Gasteiger partial charge in [-0.2, -0.15) is 0 Å². The van der Waals surface area contributed by atoms with E-state index in [0.29, 0.717) is 6.04 Å². The SMILES string of the molecule is CCCCCCCCCCN1CCN2C(=O)N(CC)CC[C@@H]2C1. The Morgan fingerprint density at radius 1 is 0.913 bits per heavy atom. The fourth-order valence-corrected chi connectivity index (χ4v) is 3.97. The van der Waals surface area contributed by atoms with E-state index in [-0.39, 0.29) is 6.03 Å². The number of carbonyl (C=O) groups is 1. The van der Waals surface area contributed by atoms with Crippen molar-refractivity contribution in [1.82, 2.24) is 14.7 Å². The van der Waals surface area contributed by atoms with Crippen molar-refractivity contribution in [2.24, 2.45) is 0 Å². The van der Waals surface area contributed by atoms with E-state index in [1.807, 2.05) is 4.90 Å². The molecule has 1 atom stereocenters. The summed E-state index contributed by atoms with van der Waals surface area (Å²) in [5, 5.41) is 0. The third-order valence-electron chi connectivity index (χ3n) is 5.52. The summed E-state index contributed by atoms with van der Waals surface area (Å²) in [4.78, 5) is 19.0. The third kappa shape index (κ3) is 5.66. The average molecular weight is 324 g/mol. The fourth-order valence-electron chi connectivity index (χ4n) is 3.97. The average Bonchev–Trinajstić information content (AvgIpc) is 2.57. The van der Waals surface area contributed by atoms with Crippen molar-refractivity contribution in [3.63, 3.8) is 0 Å². The molecule has 2 amide bonds. The number of amides is 2. The van der Waals surface area contributed by atoms with Crippen molar-refractivity contribution in [3.8, 4) is 0 Å². The van der Waals surface area contributed by atoms with Gasteiger partial charge in [0.2, 0.25) is 0 Å². The number of hydrogen-bond acceptors (Lipinski definition) is 2.